The number of nitrogens with zero attached hydrogens (tertiary/aromatic N) is 2. The molecule has 0 saturated carbocycles. The summed E-state index contributed by atoms with van der Waals surface area (Å²) in [4.78, 5) is 3.91. The fourth-order valence-electron chi connectivity index (χ4n) is 1.60. The minimum absolute atomic E-state index is 0.0124. The van der Waals surface area contributed by atoms with Crippen LogP contribution in [0.2, 0.25) is 0 Å². The lowest BCUT2D eigenvalue weighted by molar-refractivity contribution is 0.574. The van der Waals surface area contributed by atoms with E-state index < -0.39 is 10.0 Å². The van der Waals surface area contributed by atoms with Gasteiger partial charge in [0.2, 0.25) is 5.03 Å². The van der Waals surface area contributed by atoms with Gasteiger partial charge in [-0.15, -0.1) is 11.3 Å². The van der Waals surface area contributed by atoms with Crippen LogP contribution in [-0.2, 0) is 16.6 Å². The van der Waals surface area contributed by atoms with E-state index in [4.69, 9.17) is 0 Å². The summed E-state index contributed by atoms with van der Waals surface area (Å²) in [5.74, 6) is 0. The number of thiazole rings is 1. The summed E-state index contributed by atoms with van der Waals surface area (Å²) in [7, 11) is -3.73. The number of anilines is 1. The van der Waals surface area contributed by atoms with Crippen molar-refractivity contribution < 1.29 is 8.42 Å². The molecule has 0 atom stereocenters. The van der Waals surface area contributed by atoms with Crippen molar-refractivity contribution in [2.75, 3.05) is 4.72 Å². The first-order valence-corrected chi connectivity index (χ1v) is 8.46. The molecule has 0 radical (unpaired) electrons. The molecule has 0 aromatic carbocycles. The molecule has 9 heteroatoms. The van der Waals surface area contributed by atoms with E-state index in [1.807, 2.05) is 13.8 Å². The van der Waals surface area contributed by atoms with Crippen LogP contribution in [-0.4, -0.2) is 29.6 Å². The predicted octanol–water partition coefficient (Wildman–Crippen LogP) is 1.47. The van der Waals surface area contributed by atoms with Crippen LogP contribution in [0, 0.1) is 6.92 Å². The maximum Gasteiger partial charge on any atom is 0.283 e. The molecule has 0 fully saturated rings. The molecule has 2 aromatic heterocycles. The predicted molar refractivity (Wildman–Crippen MR) is 78.2 cm³/mol. The molecule has 2 heterocycles. The largest absolute Gasteiger partial charge is 0.310 e. The second-order valence-electron chi connectivity index (χ2n) is 4.61. The van der Waals surface area contributed by atoms with Crippen molar-refractivity contribution in [1.29, 1.82) is 0 Å². The number of aromatic nitrogens is 3. The highest BCUT2D eigenvalue weighted by atomic mass is 32.2. The van der Waals surface area contributed by atoms with E-state index in [2.05, 4.69) is 25.2 Å². The lowest BCUT2D eigenvalue weighted by atomic mass is 10.2. The van der Waals surface area contributed by atoms with Gasteiger partial charge in [-0.1, -0.05) is 13.8 Å². The monoisotopic (exact) mass is 315 g/mol. The third-order valence-corrected chi connectivity index (χ3v) is 4.76. The van der Waals surface area contributed by atoms with Crippen LogP contribution in [0.1, 0.15) is 25.1 Å². The molecule has 0 amide bonds. The maximum atomic E-state index is 12.3. The number of nitrogens with one attached hydrogen (secondary N) is 3. The second kappa shape index (κ2) is 5.90. The Labute approximate surface area is 121 Å². The number of aryl methyl sites for hydroxylation is 1. The zero-order valence-corrected chi connectivity index (χ0v) is 13.1. The van der Waals surface area contributed by atoms with Gasteiger partial charge in [-0.2, -0.15) is 13.5 Å². The highest BCUT2D eigenvalue weighted by Gasteiger charge is 2.24. The van der Waals surface area contributed by atoms with Gasteiger partial charge in [0.1, 0.15) is 0 Å². The highest BCUT2D eigenvalue weighted by molar-refractivity contribution is 7.92. The molecule has 2 rings (SSSR count). The minimum atomic E-state index is -3.73. The quantitative estimate of drug-likeness (QED) is 0.749. The Kier molecular flexibility index (Phi) is 4.41. The molecule has 0 spiro atoms. The Morgan fingerprint density at radius 1 is 1.45 bits per heavy atom. The molecule has 7 nitrogen and oxygen atoms in total. The Morgan fingerprint density at radius 3 is 2.80 bits per heavy atom. The van der Waals surface area contributed by atoms with Crippen LogP contribution in [0.3, 0.4) is 0 Å². The zero-order valence-electron chi connectivity index (χ0n) is 11.5. The van der Waals surface area contributed by atoms with Gasteiger partial charge in [-0.05, 0) is 6.92 Å². The van der Waals surface area contributed by atoms with Gasteiger partial charge in [0.25, 0.3) is 10.0 Å². The summed E-state index contributed by atoms with van der Waals surface area (Å²) >= 11 is 1.22. The Morgan fingerprint density at radius 2 is 2.20 bits per heavy atom. The summed E-state index contributed by atoms with van der Waals surface area (Å²) in [6.07, 6.45) is 1.54. The lowest BCUT2D eigenvalue weighted by Gasteiger charge is -2.09. The van der Waals surface area contributed by atoms with Gasteiger partial charge >= 0.3 is 0 Å². The third-order valence-electron chi connectivity index (χ3n) is 2.63. The first kappa shape index (κ1) is 14.9. The fourth-order valence-corrected chi connectivity index (χ4v) is 3.59. The summed E-state index contributed by atoms with van der Waals surface area (Å²) in [5, 5.41) is 11.9. The van der Waals surface area contributed by atoms with Gasteiger partial charge in [0.15, 0.2) is 5.13 Å². The zero-order chi connectivity index (χ0) is 14.8. The third kappa shape index (κ3) is 3.35. The fraction of sp³-hybridized carbons (Fsp3) is 0.455. The molecule has 0 unspecified atom stereocenters. The van der Waals surface area contributed by atoms with Gasteiger partial charge in [-0.25, -0.2) is 4.98 Å². The molecule has 110 valence electrons. The van der Waals surface area contributed by atoms with Gasteiger partial charge in [0, 0.05) is 35.4 Å². The summed E-state index contributed by atoms with van der Waals surface area (Å²) < 4.78 is 27.1. The van der Waals surface area contributed by atoms with Gasteiger partial charge in [-0.3, -0.25) is 9.82 Å². The van der Waals surface area contributed by atoms with E-state index in [9.17, 15) is 8.42 Å². The SMILES string of the molecule is Cc1[nH]nc(S(=O)(=O)Nc2nccs2)c1CNC(C)C. The van der Waals surface area contributed by atoms with Crippen molar-refractivity contribution in [2.24, 2.45) is 0 Å². The number of H-pyrrole nitrogens is 1. The smallest absolute Gasteiger partial charge is 0.283 e. The normalized spacial score (nSPS) is 12.0. The summed E-state index contributed by atoms with van der Waals surface area (Å²) in [5.41, 5.74) is 1.38. The van der Waals surface area contributed by atoms with Crippen molar-refractivity contribution in [3.63, 3.8) is 0 Å². The maximum absolute atomic E-state index is 12.3. The van der Waals surface area contributed by atoms with E-state index in [1.54, 1.807) is 18.5 Å². The number of hydrogen-bond donors (Lipinski definition) is 3. The molecule has 0 aliphatic rings. The Bertz CT molecular complexity index is 661. The van der Waals surface area contributed by atoms with Crippen LogP contribution in [0.4, 0.5) is 5.13 Å². The number of sulfonamides is 1. The van der Waals surface area contributed by atoms with E-state index in [1.165, 1.54) is 11.3 Å². The van der Waals surface area contributed by atoms with Crippen molar-refractivity contribution in [3.05, 3.63) is 22.8 Å². The average molecular weight is 315 g/mol. The van der Waals surface area contributed by atoms with Crippen LogP contribution in [0.5, 0.6) is 0 Å². The first-order chi connectivity index (χ1) is 9.40. The van der Waals surface area contributed by atoms with Crippen molar-refractivity contribution >= 4 is 26.5 Å². The van der Waals surface area contributed by atoms with E-state index in [0.29, 0.717) is 17.2 Å². The van der Waals surface area contributed by atoms with E-state index in [0.717, 1.165) is 5.69 Å². The van der Waals surface area contributed by atoms with Crippen LogP contribution >= 0.6 is 11.3 Å². The van der Waals surface area contributed by atoms with Crippen LogP contribution in [0.25, 0.3) is 0 Å². The second-order valence-corrected chi connectivity index (χ2v) is 7.10. The first-order valence-electron chi connectivity index (χ1n) is 6.09. The summed E-state index contributed by atoms with van der Waals surface area (Å²) in [6, 6.07) is 0.256. The van der Waals surface area contributed by atoms with Gasteiger partial charge < -0.3 is 5.32 Å². The summed E-state index contributed by atoms with van der Waals surface area (Å²) in [6.45, 7) is 6.23. The molecule has 0 aliphatic carbocycles. The van der Waals surface area contributed by atoms with Crippen molar-refractivity contribution in [2.45, 2.75) is 38.4 Å². The number of hydrogen-bond acceptors (Lipinski definition) is 6. The lowest BCUT2D eigenvalue weighted by Crippen LogP contribution is -2.24. The molecule has 20 heavy (non-hydrogen) atoms. The average Bonchev–Trinajstić information content (AvgIpc) is 2.96. The van der Waals surface area contributed by atoms with Crippen LogP contribution < -0.4 is 10.0 Å². The number of rotatable bonds is 6. The van der Waals surface area contributed by atoms with Crippen molar-refractivity contribution in [3.8, 4) is 0 Å². The molecule has 2 aromatic rings. The Hall–Kier alpha value is -1.45. The molecule has 3 N–H and O–H groups in total. The highest BCUT2D eigenvalue weighted by Crippen LogP contribution is 2.21. The minimum Gasteiger partial charge on any atom is -0.310 e. The van der Waals surface area contributed by atoms with E-state index >= 15 is 0 Å². The van der Waals surface area contributed by atoms with Crippen LogP contribution in [0.15, 0.2) is 16.6 Å². The molecule has 0 aliphatic heterocycles. The molecular formula is C11H17N5O2S2. The Balaban J connectivity index is 2.27. The standard InChI is InChI=1S/C11H17N5O2S2/c1-7(2)13-6-9-8(3)14-15-10(9)20(17,18)16-11-12-4-5-19-11/h4-5,7,13H,6H2,1-3H3,(H,12,16)(H,14,15). The van der Waals surface area contributed by atoms with Crippen molar-refractivity contribution in [1.82, 2.24) is 20.5 Å². The molecule has 0 bridgehead atoms. The number of aromatic amines is 1. The topological polar surface area (TPSA) is 99.8 Å². The van der Waals surface area contributed by atoms with Gasteiger partial charge in [0.05, 0.1) is 0 Å². The molecular weight excluding hydrogens is 298 g/mol. The van der Waals surface area contributed by atoms with E-state index in [-0.39, 0.29) is 11.1 Å². The molecule has 0 saturated heterocycles.